The van der Waals surface area contributed by atoms with Crippen LogP contribution in [0.5, 0.6) is 0 Å². The van der Waals surface area contributed by atoms with Gasteiger partial charge in [-0.1, -0.05) is 26.0 Å². The van der Waals surface area contributed by atoms with E-state index < -0.39 is 0 Å². The lowest BCUT2D eigenvalue weighted by molar-refractivity contribution is 0.407. The maximum atomic E-state index is 13.2. The zero-order valence-electron chi connectivity index (χ0n) is 11.5. The van der Waals surface area contributed by atoms with Gasteiger partial charge in [0.2, 0.25) is 0 Å². The summed E-state index contributed by atoms with van der Waals surface area (Å²) in [6, 6.07) is 7.06. The average Bonchev–Trinajstić information content (AvgIpc) is 3.11. The first-order valence-electron chi connectivity index (χ1n) is 7.10. The Morgan fingerprint density at radius 2 is 2.06 bits per heavy atom. The molecule has 100 valence electrons. The Kier molecular flexibility index (Phi) is 4.76. The van der Waals surface area contributed by atoms with E-state index in [0.29, 0.717) is 11.8 Å². The van der Waals surface area contributed by atoms with E-state index in [1.54, 1.807) is 6.07 Å². The van der Waals surface area contributed by atoms with Gasteiger partial charge >= 0.3 is 0 Å². The van der Waals surface area contributed by atoms with Crippen LogP contribution in [0.15, 0.2) is 24.3 Å². The van der Waals surface area contributed by atoms with Crippen LogP contribution >= 0.6 is 0 Å². The molecule has 0 aliphatic heterocycles. The summed E-state index contributed by atoms with van der Waals surface area (Å²) in [5, 5.41) is 3.55. The summed E-state index contributed by atoms with van der Waals surface area (Å²) in [7, 11) is 0. The molecule has 2 heteroatoms. The van der Waals surface area contributed by atoms with E-state index in [-0.39, 0.29) is 5.82 Å². The van der Waals surface area contributed by atoms with Crippen LogP contribution in [0, 0.1) is 23.6 Å². The molecule has 1 atom stereocenters. The molecule has 0 amide bonds. The second-order valence-electron chi connectivity index (χ2n) is 5.98. The van der Waals surface area contributed by atoms with Gasteiger partial charge in [0.1, 0.15) is 5.82 Å². The maximum Gasteiger partial charge on any atom is 0.123 e. The van der Waals surface area contributed by atoms with E-state index in [1.165, 1.54) is 18.9 Å². The van der Waals surface area contributed by atoms with Crippen molar-refractivity contribution >= 4 is 0 Å². The third kappa shape index (κ3) is 4.41. The Hall–Kier alpha value is -0.890. The lowest BCUT2D eigenvalue weighted by Gasteiger charge is -2.18. The van der Waals surface area contributed by atoms with Crippen LogP contribution < -0.4 is 5.32 Å². The summed E-state index contributed by atoms with van der Waals surface area (Å²) >= 11 is 0. The van der Waals surface area contributed by atoms with Gasteiger partial charge in [-0.15, -0.1) is 0 Å². The molecule has 1 nitrogen and oxygen atoms in total. The molecule has 1 saturated carbocycles. The summed E-state index contributed by atoms with van der Waals surface area (Å²) in [5.74, 6) is 2.11. The molecule has 1 fully saturated rings. The van der Waals surface area contributed by atoms with E-state index >= 15 is 0 Å². The van der Waals surface area contributed by atoms with Crippen molar-refractivity contribution < 1.29 is 4.39 Å². The normalized spacial score (nSPS) is 17.1. The van der Waals surface area contributed by atoms with Crippen molar-refractivity contribution in [2.24, 2.45) is 17.8 Å². The van der Waals surface area contributed by atoms with Crippen LogP contribution in [-0.4, -0.2) is 13.1 Å². The summed E-state index contributed by atoms with van der Waals surface area (Å²) in [6.45, 7) is 6.60. The summed E-state index contributed by atoms with van der Waals surface area (Å²) in [5.41, 5.74) is 1.14. The van der Waals surface area contributed by atoms with Crippen molar-refractivity contribution in [3.63, 3.8) is 0 Å². The highest BCUT2D eigenvalue weighted by Gasteiger charge is 2.30. The Morgan fingerprint density at radius 3 is 2.67 bits per heavy atom. The molecule has 1 aromatic carbocycles. The number of hydrogen-bond acceptors (Lipinski definition) is 1. The second kappa shape index (κ2) is 6.33. The first kappa shape index (κ1) is 13.5. The van der Waals surface area contributed by atoms with Crippen LogP contribution in [-0.2, 0) is 6.42 Å². The summed E-state index contributed by atoms with van der Waals surface area (Å²) < 4.78 is 13.2. The Labute approximate surface area is 110 Å². The molecule has 1 aliphatic carbocycles. The monoisotopic (exact) mass is 249 g/mol. The minimum atomic E-state index is -0.114. The quantitative estimate of drug-likeness (QED) is 0.778. The third-order valence-corrected chi connectivity index (χ3v) is 3.63. The maximum absolute atomic E-state index is 13.2. The smallest absolute Gasteiger partial charge is 0.123 e. The zero-order chi connectivity index (χ0) is 13.0. The molecular weight excluding hydrogens is 225 g/mol. The third-order valence-electron chi connectivity index (χ3n) is 3.63. The zero-order valence-corrected chi connectivity index (χ0v) is 11.5. The first-order chi connectivity index (χ1) is 8.65. The van der Waals surface area contributed by atoms with E-state index in [1.807, 2.05) is 12.1 Å². The van der Waals surface area contributed by atoms with Crippen molar-refractivity contribution in [2.75, 3.05) is 13.1 Å². The van der Waals surface area contributed by atoms with Crippen LogP contribution in [0.4, 0.5) is 4.39 Å². The Morgan fingerprint density at radius 1 is 1.28 bits per heavy atom. The highest BCUT2D eigenvalue weighted by molar-refractivity contribution is 5.17. The number of rotatable bonds is 7. The molecule has 2 rings (SSSR count). The van der Waals surface area contributed by atoms with Crippen LogP contribution in [0.2, 0.25) is 0 Å². The molecule has 0 heterocycles. The number of hydrogen-bond donors (Lipinski definition) is 1. The molecule has 0 saturated heterocycles. The number of benzene rings is 1. The van der Waals surface area contributed by atoms with Gasteiger partial charge in [0, 0.05) is 0 Å². The summed E-state index contributed by atoms with van der Waals surface area (Å²) in [4.78, 5) is 0. The van der Waals surface area contributed by atoms with Crippen molar-refractivity contribution in [2.45, 2.75) is 33.1 Å². The van der Waals surface area contributed by atoms with Gasteiger partial charge in [0.25, 0.3) is 0 Å². The standard InChI is InChI=1S/C16H24FN/c1-12(2)10-18-11-15(14-6-7-14)8-13-4-3-5-16(17)9-13/h3-5,9,12,14-15,18H,6-8,10-11H2,1-2H3. The minimum Gasteiger partial charge on any atom is -0.316 e. The fourth-order valence-electron chi connectivity index (χ4n) is 2.50. The van der Waals surface area contributed by atoms with Crippen LogP contribution in [0.25, 0.3) is 0 Å². The molecule has 0 radical (unpaired) electrons. The SMILES string of the molecule is CC(C)CNCC(Cc1cccc(F)c1)C1CC1. The van der Waals surface area contributed by atoms with Crippen LogP contribution in [0.3, 0.4) is 0 Å². The minimum absolute atomic E-state index is 0.114. The predicted molar refractivity (Wildman–Crippen MR) is 74.0 cm³/mol. The van der Waals surface area contributed by atoms with Gasteiger partial charge in [0.05, 0.1) is 0 Å². The molecule has 1 N–H and O–H groups in total. The number of halogens is 1. The topological polar surface area (TPSA) is 12.0 Å². The fraction of sp³-hybridized carbons (Fsp3) is 0.625. The van der Waals surface area contributed by atoms with Crippen LogP contribution in [0.1, 0.15) is 32.3 Å². The van der Waals surface area contributed by atoms with Gasteiger partial charge < -0.3 is 5.32 Å². The summed E-state index contributed by atoms with van der Waals surface area (Å²) in [6.07, 6.45) is 3.71. The Bertz CT molecular complexity index is 371. The largest absolute Gasteiger partial charge is 0.316 e. The van der Waals surface area contributed by atoms with Crippen molar-refractivity contribution in [3.8, 4) is 0 Å². The van der Waals surface area contributed by atoms with E-state index in [4.69, 9.17) is 0 Å². The molecule has 18 heavy (non-hydrogen) atoms. The molecule has 1 aromatic rings. The van der Waals surface area contributed by atoms with Gasteiger partial charge in [-0.3, -0.25) is 0 Å². The second-order valence-corrected chi connectivity index (χ2v) is 5.98. The van der Waals surface area contributed by atoms with E-state index in [9.17, 15) is 4.39 Å². The average molecular weight is 249 g/mol. The van der Waals surface area contributed by atoms with Gasteiger partial charge in [-0.2, -0.15) is 0 Å². The van der Waals surface area contributed by atoms with E-state index in [0.717, 1.165) is 31.0 Å². The molecule has 0 bridgehead atoms. The van der Waals surface area contributed by atoms with Crippen molar-refractivity contribution in [1.29, 1.82) is 0 Å². The van der Waals surface area contributed by atoms with Gasteiger partial charge in [0.15, 0.2) is 0 Å². The number of nitrogens with one attached hydrogen (secondary N) is 1. The predicted octanol–water partition coefficient (Wildman–Crippen LogP) is 3.64. The van der Waals surface area contributed by atoms with E-state index in [2.05, 4.69) is 19.2 Å². The fourth-order valence-corrected chi connectivity index (χ4v) is 2.50. The highest BCUT2D eigenvalue weighted by Crippen LogP contribution is 2.38. The lowest BCUT2D eigenvalue weighted by Crippen LogP contribution is -2.28. The first-order valence-corrected chi connectivity index (χ1v) is 7.10. The molecule has 0 spiro atoms. The Balaban J connectivity index is 1.86. The molecule has 1 unspecified atom stereocenters. The molecule has 0 aromatic heterocycles. The lowest BCUT2D eigenvalue weighted by atomic mass is 9.94. The molecule has 1 aliphatic rings. The van der Waals surface area contributed by atoms with Crippen molar-refractivity contribution in [1.82, 2.24) is 5.32 Å². The van der Waals surface area contributed by atoms with Gasteiger partial charge in [-0.05, 0) is 67.8 Å². The highest BCUT2D eigenvalue weighted by atomic mass is 19.1. The van der Waals surface area contributed by atoms with Gasteiger partial charge in [-0.25, -0.2) is 4.39 Å². The molecular formula is C16H24FN. The van der Waals surface area contributed by atoms with Crippen molar-refractivity contribution in [3.05, 3.63) is 35.6 Å².